The number of carbonyl (C=O) groups excluding carboxylic acids is 1. The molecule has 1 aliphatic heterocycles. The van der Waals surface area contributed by atoms with Crippen molar-refractivity contribution in [3.05, 3.63) is 58.3 Å². The molecule has 3 rings (SSSR count). The molecule has 1 atom stereocenters. The number of rotatable bonds is 5. The molecular weight excluding hydrogens is 296 g/mol. The topological polar surface area (TPSA) is 41.6 Å². The van der Waals surface area contributed by atoms with E-state index < -0.39 is 0 Å². The van der Waals surface area contributed by atoms with Gasteiger partial charge in [0.1, 0.15) is 0 Å². The summed E-state index contributed by atoms with van der Waals surface area (Å²) in [5.41, 5.74) is 1.22. The minimum absolute atomic E-state index is 0.0165. The summed E-state index contributed by atoms with van der Waals surface area (Å²) in [6.45, 7) is 4.04. The number of hydrogen-bond donors (Lipinski definition) is 1. The summed E-state index contributed by atoms with van der Waals surface area (Å²) in [4.78, 5) is 15.0. The molecule has 2 heterocycles. The summed E-state index contributed by atoms with van der Waals surface area (Å²) in [6.07, 6.45) is 0.128. The second-order valence-electron chi connectivity index (χ2n) is 5.30. The average Bonchev–Trinajstić information content (AvgIpc) is 3.10. The van der Waals surface area contributed by atoms with Crippen molar-refractivity contribution in [2.75, 3.05) is 32.8 Å². The molecule has 1 fully saturated rings. The molecular formula is C17H20N2O2S. The van der Waals surface area contributed by atoms with Crippen LogP contribution in [-0.4, -0.2) is 43.6 Å². The van der Waals surface area contributed by atoms with Crippen LogP contribution in [0.4, 0.5) is 0 Å². The molecule has 0 aliphatic carbocycles. The molecule has 1 N–H and O–H groups in total. The van der Waals surface area contributed by atoms with Gasteiger partial charge in [0.25, 0.3) is 5.91 Å². The van der Waals surface area contributed by atoms with Crippen LogP contribution in [0, 0.1) is 0 Å². The standard InChI is InChI=1S/C17H20N2O2S/c20-17(16-7-4-12-22-16)18-8-9-19-10-11-21-15(13-19)14-5-2-1-3-6-14/h1-7,12,15H,8-11,13H2,(H,18,20). The van der Waals surface area contributed by atoms with Crippen LogP contribution in [0.2, 0.25) is 0 Å². The Bertz CT molecular complexity index is 586. The van der Waals surface area contributed by atoms with E-state index in [2.05, 4.69) is 22.3 Å². The average molecular weight is 316 g/mol. The van der Waals surface area contributed by atoms with E-state index in [1.54, 1.807) is 0 Å². The van der Waals surface area contributed by atoms with Crippen LogP contribution < -0.4 is 5.32 Å². The summed E-state index contributed by atoms with van der Waals surface area (Å²) >= 11 is 1.47. The van der Waals surface area contributed by atoms with Crippen LogP contribution >= 0.6 is 11.3 Å². The molecule has 0 radical (unpaired) electrons. The predicted octanol–water partition coefficient (Wildman–Crippen LogP) is 2.55. The number of hydrogen-bond acceptors (Lipinski definition) is 4. The van der Waals surface area contributed by atoms with Crippen molar-refractivity contribution in [1.29, 1.82) is 0 Å². The highest BCUT2D eigenvalue weighted by atomic mass is 32.1. The van der Waals surface area contributed by atoms with Crippen LogP contribution in [0.25, 0.3) is 0 Å². The number of amides is 1. The summed E-state index contributed by atoms with van der Waals surface area (Å²) in [5, 5.41) is 4.89. The third-order valence-corrected chi connectivity index (χ3v) is 4.65. The zero-order chi connectivity index (χ0) is 15.2. The maximum Gasteiger partial charge on any atom is 0.261 e. The molecule has 1 aromatic carbocycles. The number of nitrogens with one attached hydrogen (secondary N) is 1. The number of carbonyl (C=O) groups is 1. The van der Waals surface area contributed by atoms with Gasteiger partial charge in [-0.3, -0.25) is 9.69 Å². The summed E-state index contributed by atoms with van der Waals surface area (Å²) in [7, 11) is 0. The zero-order valence-corrected chi connectivity index (χ0v) is 13.2. The second kappa shape index (κ2) is 7.54. The van der Waals surface area contributed by atoms with Crippen molar-refractivity contribution in [2.24, 2.45) is 0 Å². The Balaban J connectivity index is 1.46. The van der Waals surface area contributed by atoms with E-state index in [-0.39, 0.29) is 12.0 Å². The van der Waals surface area contributed by atoms with E-state index in [0.29, 0.717) is 6.54 Å². The predicted molar refractivity (Wildman–Crippen MR) is 88.2 cm³/mol. The number of morpholine rings is 1. The molecule has 116 valence electrons. The molecule has 1 aliphatic rings. The second-order valence-corrected chi connectivity index (χ2v) is 6.25. The zero-order valence-electron chi connectivity index (χ0n) is 12.4. The van der Waals surface area contributed by atoms with Gasteiger partial charge in [-0.1, -0.05) is 36.4 Å². The highest BCUT2D eigenvalue weighted by molar-refractivity contribution is 7.12. The molecule has 1 saturated heterocycles. The smallest absolute Gasteiger partial charge is 0.261 e. The molecule has 0 spiro atoms. The Kier molecular flexibility index (Phi) is 5.21. The van der Waals surface area contributed by atoms with Crippen LogP contribution in [-0.2, 0) is 4.74 Å². The van der Waals surface area contributed by atoms with E-state index in [9.17, 15) is 4.79 Å². The lowest BCUT2D eigenvalue weighted by Crippen LogP contribution is -2.42. The van der Waals surface area contributed by atoms with Crippen molar-refractivity contribution >= 4 is 17.2 Å². The number of benzene rings is 1. The van der Waals surface area contributed by atoms with Crippen molar-refractivity contribution in [2.45, 2.75) is 6.10 Å². The van der Waals surface area contributed by atoms with Crippen LogP contribution in [0.3, 0.4) is 0 Å². The Morgan fingerprint density at radius 3 is 2.91 bits per heavy atom. The first-order valence-electron chi connectivity index (χ1n) is 7.53. The molecule has 5 heteroatoms. The molecule has 22 heavy (non-hydrogen) atoms. The van der Waals surface area contributed by atoms with E-state index in [0.717, 1.165) is 31.1 Å². The van der Waals surface area contributed by atoms with Gasteiger partial charge < -0.3 is 10.1 Å². The van der Waals surface area contributed by atoms with Gasteiger partial charge in [-0.05, 0) is 17.0 Å². The van der Waals surface area contributed by atoms with Gasteiger partial charge in [0, 0.05) is 26.2 Å². The lowest BCUT2D eigenvalue weighted by atomic mass is 10.1. The third-order valence-electron chi connectivity index (χ3n) is 3.78. The molecule has 1 unspecified atom stereocenters. The molecule has 2 aromatic rings. The Morgan fingerprint density at radius 2 is 2.14 bits per heavy atom. The van der Waals surface area contributed by atoms with E-state index in [1.165, 1.54) is 16.9 Å². The maximum absolute atomic E-state index is 11.9. The van der Waals surface area contributed by atoms with Gasteiger partial charge in [0.05, 0.1) is 17.6 Å². The van der Waals surface area contributed by atoms with Gasteiger partial charge >= 0.3 is 0 Å². The fraction of sp³-hybridized carbons (Fsp3) is 0.353. The summed E-state index contributed by atoms with van der Waals surface area (Å²) in [5.74, 6) is 0.0165. The third kappa shape index (κ3) is 3.94. The van der Waals surface area contributed by atoms with E-state index in [1.807, 2.05) is 35.7 Å². The molecule has 0 bridgehead atoms. The quantitative estimate of drug-likeness (QED) is 0.922. The highest BCUT2D eigenvalue weighted by Gasteiger charge is 2.21. The van der Waals surface area contributed by atoms with E-state index >= 15 is 0 Å². The Hall–Kier alpha value is -1.69. The highest BCUT2D eigenvalue weighted by Crippen LogP contribution is 2.21. The number of thiophene rings is 1. The van der Waals surface area contributed by atoms with Gasteiger partial charge in [-0.15, -0.1) is 11.3 Å². The Labute approximate surface area is 134 Å². The first-order valence-corrected chi connectivity index (χ1v) is 8.41. The van der Waals surface area contributed by atoms with E-state index in [4.69, 9.17) is 4.74 Å². The fourth-order valence-corrected chi connectivity index (χ4v) is 3.24. The van der Waals surface area contributed by atoms with Gasteiger partial charge in [-0.2, -0.15) is 0 Å². The first-order chi connectivity index (χ1) is 10.8. The van der Waals surface area contributed by atoms with Crippen LogP contribution in [0.15, 0.2) is 47.8 Å². The Morgan fingerprint density at radius 1 is 1.27 bits per heavy atom. The largest absolute Gasteiger partial charge is 0.371 e. The maximum atomic E-state index is 11.9. The summed E-state index contributed by atoms with van der Waals surface area (Å²) in [6, 6.07) is 14.0. The first kappa shape index (κ1) is 15.2. The van der Waals surface area contributed by atoms with Gasteiger partial charge in [0.15, 0.2) is 0 Å². The van der Waals surface area contributed by atoms with Gasteiger partial charge in [-0.25, -0.2) is 0 Å². The van der Waals surface area contributed by atoms with Crippen molar-refractivity contribution < 1.29 is 9.53 Å². The fourth-order valence-electron chi connectivity index (χ4n) is 2.60. The SMILES string of the molecule is O=C(NCCN1CCOC(c2ccccc2)C1)c1cccs1. The summed E-state index contributed by atoms with van der Waals surface area (Å²) < 4.78 is 5.85. The van der Waals surface area contributed by atoms with Crippen molar-refractivity contribution in [3.8, 4) is 0 Å². The molecule has 1 aromatic heterocycles. The van der Waals surface area contributed by atoms with Crippen LogP contribution in [0.1, 0.15) is 21.3 Å². The number of nitrogens with zero attached hydrogens (tertiary/aromatic N) is 1. The molecule has 1 amide bonds. The lowest BCUT2D eigenvalue weighted by Gasteiger charge is -2.33. The monoisotopic (exact) mass is 316 g/mol. The minimum atomic E-state index is 0.0165. The van der Waals surface area contributed by atoms with Crippen molar-refractivity contribution in [3.63, 3.8) is 0 Å². The minimum Gasteiger partial charge on any atom is -0.371 e. The van der Waals surface area contributed by atoms with Gasteiger partial charge in [0.2, 0.25) is 0 Å². The normalized spacial score (nSPS) is 19.0. The lowest BCUT2D eigenvalue weighted by molar-refractivity contribution is -0.0293. The molecule has 0 saturated carbocycles. The number of ether oxygens (including phenoxy) is 1. The van der Waals surface area contributed by atoms with Crippen molar-refractivity contribution in [1.82, 2.24) is 10.2 Å². The molecule has 4 nitrogen and oxygen atoms in total. The van der Waals surface area contributed by atoms with Crippen LogP contribution in [0.5, 0.6) is 0 Å².